The van der Waals surface area contributed by atoms with Gasteiger partial charge in [0.15, 0.2) is 0 Å². The Kier molecular flexibility index (Phi) is 10.7. The number of fused-ring (bicyclic) bond motifs is 3. The summed E-state index contributed by atoms with van der Waals surface area (Å²) in [6.45, 7) is 5.33. The number of aromatic nitrogens is 4. The molecule has 1 aromatic carbocycles. The second-order valence-electron chi connectivity index (χ2n) is 12.8. The highest BCUT2D eigenvalue weighted by atomic mass is 19.1. The van der Waals surface area contributed by atoms with Gasteiger partial charge in [-0.3, -0.25) is 19.1 Å². The summed E-state index contributed by atoms with van der Waals surface area (Å²) in [5, 5.41) is 14.5. The van der Waals surface area contributed by atoms with Gasteiger partial charge in [0.2, 0.25) is 17.7 Å². The molecule has 3 amide bonds. The topological polar surface area (TPSA) is 135 Å². The Balaban J connectivity index is 1.14. The number of amides is 3. The minimum atomic E-state index is -0.863. The number of benzene rings is 1. The first-order chi connectivity index (χ1) is 22.9. The molecule has 3 atom stereocenters. The molecular formula is C34H43FN8O4. The molecule has 2 aromatic heterocycles. The Bertz CT molecular complexity index is 1530. The van der Waals surface area contributed by atoms with E-state index in [0.29, 0.717) is 57.7 Å². The molecule has 0 radical (unpaired) electrons. The maximum absolute atomic E-state index is 14.1. The molecule has 0 aliphatic carbocycles. The summed E-state index contributed by atoms with van der Waals surface area (Å²) in [7, 11) is 0. The summed E-state index contributed by atoms with van der Waals surface area (Å²) >= 11 is 0. The molecule has 2 bridgehead atoms. The molecule has 47 heavy (non-hydrogen) atoms. The number of halogens is 1. The number of piperidine rings is 2. The first kappa shape index (κ1) is 32.5. The van der Waals surface area contributed by atoms with E-state index in [0.717, 1.165) is 25.2 Å². The zero-order chi connectivity index (χ0) is 32.6. The molecule has 0 saturated carbocycles. The van der Waals surface area contributed by atoms with Crippen molar-refractivity contribution in [2.45, 2.75) is 64.1 Å². The van der Waals surface area contributed by atoms with E-state index >= 15 is 0 Å². The molecule has 3 aliphatic heterocycles. The Morgan fingerprint density at radius 3 is 2.70 bits per heavy atom. The minimum absolute atomic E-state index is 0.00266. The van der Waals surface area contributed by atoms with Crippen molar-refractivity contribution in [2.75, 3.05) is 39.3 Å². The molecule has 2 fully saturated rings. The number of nitrogens with one attached hydrogen (secondary N) is 2. The monoisotopic (exact) mass is 646 g/mol. The van der Waals surface area contributed by atoms with Crippen molar-refractivity contribution in [3.05, 3.63) is 71.4 Å². The lowest BCUT2D eigenvalue weighted by Gasteiger charge is -2.40. The third kappa shape index (κ3) is 8.70. The fourth-order valence-electron chi connectivity index (χ4n) is 6.81. The Hall–Kier alpha value is -4.39. The molecule has 13 heteroatoms. The first-order valence-electron chi connectivity index (χ1n) is 16.7. The quantitative estimate of drug-likeness (QED) is 0.363. The zero-order valence-electron chi connectivity index (χ0n) is 26.7. The van der Waals surface area contributed by atoms with Gasteiger partial charge in [-0.15, -0.1) is 5.10 Å². The van der Waals surface area contributed by atoms with Crippen molar-refractivity contribution < 1.29 is 23.5 Å². The number of likely N-dealkylation sites (tertiary alicyclic amines) is 1. The van der Waals surface area contributed by atoms with Crippen molar-refractivity contribution in [3.8, 4) is 5.88 Å². The average molecular weight is 647 g/mol. The maximum Gasteiger partial charge on any atom is 0.257 e. The average Bonchev–Trinajstić information content (AvgIpc) is 3.54. The van der Waals surface area contributed by atoms with Crippen LogP contribution < -0.4 is 15.4 Å². The summed E-state index contributed by atoms with van der Waals surface area (Å²) in [6.07, 6.45) is 8.89. The Morgan fingerprint density at radius 2 is 1.87 bits per heavy atom. The largest absolute Gasteiger partial charge is 0.477 e. The molecule has 5 heterocycles. The third-order valence-corrected chi connectivity index (χ3v) is 9.49. The molecule has 3 aliphatic rings. The van der Waals surface area contributed by atoms with E-state index in [1.54, 1.807) is 40.0 Å². The van der Waals surface area contributed by atoms with Crippen LogP contribution in [-0.4, -0.2) is 92.9 Å². The molecule has 2 N–H and O–H groups in total. The van der Waals surface area contributed by atoms with Crippen LogP contribution in [0.4, 0.5) is 4.39 Å². The lowest BCUT2D eigenvalue weighted by atomic mass is 9.80. The van der Waals surface area contributed by atoms with Gasteiger partial charge in [0.1, 0.15) is 17.4 Å². The number of hydrogen-bond acceptors (Lipinski definition) is 8. The van der Waals surface area contributed by atoms with Crippen LogP contribution in [0.5, 0.6) is 5.88 Å². The predicted molar refractivity (Wildman–Crippen MR) is 171 cm³/mol. The van der Waals surface area contributed by atoms with Crippen LogP contribution >= 0.6 is 0 Å². The van der Waals surface area contributed by atoms with Crippen molar-refractivity contribution >= 4 is 17.7 Å². The van der Waals surface area contributed by atoms with Crippen LogP contribution in [0.15, 0.2) is 48.8 Å². The number of carbonyl (C=O) groups is 3. The van der Waals surface area contributed by atoms with E-state index < -0.39 is 11.9 Å². The third-order valence-electron chi connectivity index (χ3n) is 9.49. The minimum Gasteiger partial charge on any atom is -0.477 e. The molecule has 0 unspecified atom stereocenters. The first-order valence-corrected chi connectivity index (χ1v) is 16.7. The molecule has 250 valence electrons. The summed E-state index contributed by atoms with van der Waals surface area (Å²) < 4.78 is 21.1. The fraction of sp³-hybridized carbons (Fsp3) is 0.529. The number of ether oxygens (including phenoxy) is 1. The smallest absolute Gasteiger partial charge is 0.257 e. The van der Waals surface area contributed by atoms with E-state index in [4.69, 9.17) is 4.74 Å². The number of pyridine rings is 1. The normalized spacial score (nSPS) is 22.3. The summed E-state index contributed by atoms with van der Waals surface area (Å²) in [5.41, 5.74) is 1.70. The van der Waals surface area contributed by atoms with Crippen LogP contribution in [0.2, 0.25) is 0 Å². The van der Waals surface area contributed by atoms with Crippen LogP contribution in [0.3, 0.4) is 0 Å². The van der Waals surface area contributed by atoms with Gasteiger partial charge in [0.05, 0.1) is 18.8 Å². The van der Waals surface area contributed by atoms with Gasteiger partial charge < -0.3 is 25.2 Å². The molecule has 12 nitrogen and oxygen atoms in total. The van der Waals surface area contributed by atoms with E-state index in [2.05, 4.69) is 30.8 Å². The fourth-order valence-corrected chi connectivity index (χ4v) is 6.81. The number of hydrogen-bond donors (Lipinski definition) is 2. The molecule has 2 saturated heterocycles. The van der Waals surface area contributed by atoms with E-state index in [-0.39, 0.29) is 47.3 Å². The highest BCUT2D eigenvalue weighted by molar-refractivity contribution is 5.99. The molecular weight excluding hydrogens is 603 g/mol. The van der Waals surface area contributed by atoms with Crippen LogP contribution in [-0.2, 0) is 29.1 Å². The molecule has 6 rings (SSSR count). The van der Waals surface area contributed by atoms with Gasteiger partial charge in [-0.05, 0) is 80.4 Å². The number of carbonyl (C=O) groups excluding carboxylic acids is 3. The van der Waals surface area contributed by atoms with E-state index in [1.165, 1.54) is 31.4 Å². The van der Waals surface area contributed by atoms with Gasteiger partial charge in [-0.25, -0.2) is 9.37 Å². The summed E-state index contributed by atoms with van der Waals surface area (Å²) in [6, 6.07) is 8.50. The molecule has 0 spiro atoms. The second kappa shape index (κ2) is 15.5. The maximum atomic E-state index is 14.1. The van der Waals surface area contributed by atoms with Crippen molar-refractivity contribution in [1.29, 1.82) is 0 Å². The summed E-state index contributed by atoms with van der Waals surface area (Å²) in [5.74, 6) is -0.780. The Morgan fingerprint density at radius 1 is 1.04 bits per heavy atom. The van der Waals surface area contributed by atoms with Crippen molar-refractivity contribution in [3.63, 3.8) is 0 Å². The molecule has 3 aromatic rings. The van der Waals surface area contributed by atoms with Gasteiger partial charge in [-0.2, -0.15) is 0 Å². The van der Waals surface area contributed by atoms with Crippen LogP contribution in [0.1, 0.15) is 60.1 Å². The standard InChI is InChI=1S/C34H43FN8O4/c35-27-8-6-24(7-9-27)21-37-31(44)19-25-10-15-42-22-26(25)11-18-47-33-29(5-4-12-36-33)32(45)38-30(34(42)46)20-28-23-43(40-39-28)17-16-41-13-2-1-3-14-41/h4-9,12,23,25-26,30H,1-3,10-11,13-22H2,(H,37,44)(H,38,45)/t25-,26-,30+/m0/s1. The Labute approximate surface area is 274 Å². The zero-order valence-corrected chi connectivity index (χ0v) is 26.7. The van der Waals surface area contributed by atoms with E-state index in [1.807, 2.05) is 6.20 Å². The van der Waals surface area contributed by atoms with Gasteiger partial charge in [0, 0.05) is 51.4 Å². The van der Waals surface area contributed by atoms with Crippen molar-refractivity contribution in [1.82, 2.24) is 40.4 Å². The van der Waals surface area contributed by atoms with Crippen LogP contribution in [0, 0.1) is 17.7 Å². The van der Waals surface area contributed by atoms with Gasteiger partial charge >= 0.3 is 0 Å². The van der Waals surface area contributed by atoms with Crippen molar-refractivity contribution in [2.24, 2.45) is 11.8 Å². The van der Waals surface area contributed by atoms with E-state index in [9.17, 15) is 18.8 Å². The van der Waals surface area contributed by atoms with Gasteiger partial charge in [0.25, 0.3) is 5.91 Å². The number of nitrogens with zero attached hydrogens (tertiary/aromatic N) is 6. The highest BCUT2D eigenvalue weighted by Gasteiger charge is 2.37. The van der Waals surface area contributed by atoms with Gasteiger partial charge in [-0.1, -0.05) is 23.8 Å². The SMILES string of the molecule is O=C(C[C@@H]1CCN2C[C@@H]1CCOc1ncccc1C(=O)N[C@H](Cc1cn(CCN3CCCCC3)nn1)C2=O)NCc1ccc(F)cc1. The lowest BCUT2D eigenvalue weighted by molar-refractivity contribution is -0.136. The second-order valence-corrected chi connectivity index (χ2v) is 12.8. The lowest BCUT2D eigenvalue weighted by Crippen LogP contribution is -2.54. The highest BCUT2D eigenvalue weighted by Crippen LogP contribution is 2.31. The predicted octanol–water partition coefficient (Wildman–Crippen LogP) is 2.59. The van der Waals surface area contributed by atoms with Crippen LogP contribution in [0.25, 0.3) is 0 Å². The summed E-state index contributed by atoms with van der Waals surface area (Å²) in [4.78, 5) is 49.1. The number of rotatable bonds is 9.